The quantitative estimate of drug-likeness (QED) is 0.908. The summed E-state index contributed by atoms with van der Waals surface area (Å²) in [5.41, 5.74) is 0.677. The maximum Gasteiger partial charge on any atom is 0.254 e. The minimum atomic E-state index is 0.0224. The van der Waals surface area contributed by atoms with Gasteiger partial charge in [0.05, 0.1) is 11.8 Å². The Morgan fingerprint density at radius 1 is 1.26 bits per heavy atom. The Kier molecular flexibility index (Phi) is 5.70. The van der Waals surface area contributed by atoms with Gasteiger partial charge in [-0.1, -0.05) is 19.3 Å². The molecule has 23 heavy (non-hydrogen) atoms. The first-order chi connectivity index (χ1) is 11.2. The van der Waals surface area contributed by atoms with E-state index in [2.05, 4.69) is 15.3 Å². The van der Waals surface area contributed by atoms with Gasteiger partial charge in [-0.3, -0.25) is 9.48 Å². The van der Waals surface area contributed by atoms with E-state index in [9.17, 15) is 4.79 Å². The molecule has 0 radical (unpaired) electrons. The Bertz CT molecular complexity index is 507. The number of amides is 1. The number of carbonyl (C=O) groups is 1. The lowest BCUT2D eigenvalue weighted by Crippen LogP contribution is -2.48. The number of piperidine rings is 1. The van der Waals surface area contributed by atoms with Crippen LogP contribution in [0.5, 0.6) is 0 Å². The van der Waals surface area contributed by atoms with Crippen molar-refractivity contribution < 1.29 is 4.79 Å². The lowest BCUT2D eigenvalue weighted by atomic mass is 9.88. The third-order valence-electron chi connectivity index (χ3n) is 5.30. The third kappa shape index (κ3) is 4.56. The van der Waals surface area contributed by atoms with Crippen LogP contribution in [0, 0.1) is 5.92 Å². The van der Waals surface area contributed by atoms with Gasteiger partial charge in [0.25, 0.3) is 5.91 Å². The van der Waals surface area contributed by atoms with Crippen LogP contribution < -0.4 is 5.32 Å². The maximum atomic E-state index is 12.4. The van der Waals surface area contributed by atoms with Crippen LogP contribution in [0.2, 0.25) is 0 Å². The lowest BCUT2D eigenvalue weighted by Gasteiger charge is -2.36. The second-order valence-corrected chi connectivity index (χ2v) is 7.16. The predicted octanol–water partition coefficient (Wildman–Crippen LogP) is 2.68. The molecule has 2 aliphatic rings. The molecule has 5 nitrogen and oxygen atoms in total. The van der Waals surface area contributed by atoms with Gasteiger partial charge in [0.15, 0.2) is 0 Å². The number of rotatable bonds is 5. The fourth-order valence-electron chi connectivity index (χ4n) is 4.00. The van der Waals surface area contributed by atoms with Gasteiger partial charge in [0.2, 0.25) is 0 Å². The molecule has 5 heteroatoms. The Morgan fingerprint density at radius 3 is 2.83 bits per heavy atom. The van der Waals surface area contributed by atoms with Crippen LogP contribution in [-0.4, -0.2) is 46.3 Å². The van der Waals surface area contributed by atoms with Gasteiger partial charge in [-0.15, -0.1) is 0 Å². The molecule has 1 atom stereocenters. The highest BCUT2D eigenvalue weighted by molar-refractivity contribution is 5.93. The van der Waals surface area contributed by atoms with E-state index < -0.39 is 0 Å². The summed E-state index contributed by atoms with van der Waals surface area (Å²) in [6, 6.07) is 0.282. The summed E-state index contributed by atoms with van der Waals surface area (Å²) in [5, 5.41) is 7.39. The smallest absolute Gasteiger partial charge is 0.254 e. The van der Waals surface area contributed by atoms with E-state index in [1.807, 2.05) is 13.1 Å². The number of aromatic nitrogens is 2. The number of carbonyl (C=O) groups excluding carboxylic acids is 1. The Labute approximate surface area is 139 Å². The van der Waals surface area contributed by atoms with Crippen molar-refractivity contribution in [3.05, 3.63) is 18.0 Å². The molecule has 0 bridgehead atoms. The fourth-order valence-corrected chi connectivity index (χ4v) is 4.00. The van der Waals surface area contributed by atoms with Crippen molar-refractivity contribution in [3.8, 4) is 0 Å². The van der Waals surface area contributed by atoms with Crippen LogP contribution in [0.25, 0.3) is 0 Å². The monoisotopic (exact) mass is 318 g/mol. The molecule has 0 spiro atoms. The standard InChI is InChI=1S/C18H30N4O/c1-2-22-13-16(11-19-22)18(23)20-17-9-6-10-21(14-17)12-15-7-4-3-5-8-15/h11,13,15,17H,2-10,12,14H2,1H3,(H,20,23). The number of nitrogens with zero attached hydrogens (tertiary/aromatic N) is 3. The Morgan fingerprint density at radius 2 is 2.09 bits per heavy atom. The summed E-state index contributed by atoms with van der Waals surface area (Å²) in [6.45, 7) is 6.24. The first kappa shape index (κ1) is 16.5. The van der Waals surface area contributed by atoms with E-state index in [1.54, 1.807) is 10.9 Å². The Balaban J connectivity index is 1.48. The second-order valence-electron chi connectivity index (χ2n) is 7.16. The van der Waals surface area contributed by atoms with Gasteiger partial charge in [-0.25, -0.2) is 0 Å². The molecule has 1 aliphatic carbocycles. The van der Waals surface area contributed by atoms with Gasteiger partial charge in [-0.05, 0) is 45.1 Å². The van der Waals surface area contributed by atoms with Crippen molar-refractivity contribution in [1.29, 1.82) is 0 Å². The summed E-state index contributed by atoms with van der Waals surface area (Å²) in [5.74, 6) is 0.898. The number of hydrogen-bond acceptors (Lipinski definition) is 3. The molecular formula is C18H30N4O. The molecule has 3 rings (SSSR count). The molecule has 1 aliphatic heterocycles. The van der Waals surface area contributed by atoms with E-state index in [1.165, 1.54) is 51.6 Å². The number of nitrogens with one attached hydrogen (secondary N) is 1. The van der Waals surface area contributed by atoms with E-state index in [0.717, 1.165) is 25.4 Å². The summed E-state index contributed by atoms with van der Waals surface area (Å²) in [4.78, 5) is 14.9. The van der Waals surface area contributed by atoms with Crippen molar-refractivity contribution in [2.24, 2.45) is 5.92 Å². The van der Waals surface area contributed by atoms with Gasteiger partial charge in [0.1, 0.15) is 0 Å². The normalized spacial score (nSPS) is 23.8. The molecule has 0 aromatic carbocycles. The van der Waals surface area contributed by atoms with Gasteiger partial charge in [0, 0.05) is 31.9 Å². The summed E-state index contributed by atoms with van der Waals surface area (Å²) in [6.07, 6.45) is 12.8. The maximum absolute atomic E-state index is 12.4. The molecule has 2 heterocycles. The third-order valence-corrected chi connectivity index (χ3v) is 5.30. The SMILES string of the molecule is CCn1cc(C(=O)NC2CCCN(CC3CCCCC3)C2)cn1. The summed E-state index contributed by atoms with van der Waals surface area (Å²) >= 11 is 0. The first-order valence-corrected chi connectivity index (χ1v) is 9.30. The van der Waals surface area contributed by atoms with Gasteiger partial charge in [-0.2, -0.15) is 5.10 Å². The zero-order valence-corrected chi connectivity index (χ0v) is 14.3. The molecule has 1 aromatic rings. The van der Waals surface area contributed by atoms with Crippen molar-refractivity contribution in [1.82, 2.24) is 20.0 Å². The van der Waals surface area contributed by atoms with Crippen molar-refractivity contribution in [2.75, 3.05) is 19.6 Å². The number of hydrogen-bond donors (Lipinski definition) is 1. The van der Waals surface area contributed by atoms with Crippen molar-refractivity contribution >= 4 is 5.91 Å². The molecule has 1 unspecified atom stereocenters. The van der Waals surface area contributed by atoms with Crippen LogP contribution >= 0.6 is 0 Å². The van der Waals surface area contributed by atoms with E-state index >= 15 is 0 Å². The first-order valence-electron chi connectivity index (χ1n) is 9.30. The highest BCUT2D eigenvalue weighted by atomic mass is 16.1. The van der Waals surface area contributed by atoms with Crippen LogP contribution in [0.15, 0.2) is 12.4 Å². The van der Waals surface area contributed by atoms with Crippen molar-refractivity contribution in [2.45, 2.75) is 64.5 Å². The largest absolute Gasteiger partial charge is 0.348 e. The average molecular weight is 318 g/mol. The lowest BCUT2D eigenvalue weighted by molar-refractivity contribution is 0.0890. The fraction of sp³-hybridized carbons (Fsp3) is 0.778. The zero-order chi connectivity index (χ0) is 16.1. The van der Waals surface area contributed by atoms with E-state index in [-0.39, 0.29) is 11.9 Å². The Hall–Kier alpha value is -1.36. The average Bonchev–Trinajstić information content (AvgIpc) is 3.05. The number of likely N-dealkylation sites (tertiary alicyclic amines) is 1. The number of aryl methyl sites for hydroxylation is 1. The molecule has 1 N–H and O–H groups in total. The van der Waals surface area contributed by atoms with Gasteiger partial charge >= 0.3 is 0 Å². The topological polar surface area (TPSA) is 50.2 Å². The second kappa shape index (κ2) is 7.95. The van der Waals surface area contributed by atoms with Crippen LogP contribution in [0.3, 0.4) is 0 Å². The molecule has 1 amide bonds. The summed E-state index contributed by atoms with van der Waals surface area (Å²) in [7, 11) is 0. The van der Waals surface area contributed by atoms with Crippen molar-refractivity contribution in [3.63, 3.8) is 0 Å². The molecule has 1 saturated carbocycles. The van der Waals surface area contributed by atoms with E-state index in [4.69, 9.17) is 0 Å². The zero-order valence-electron chi connectivity index (χ0n) is 14.3. The molecule has 1 saturated heterocycles. The van der Waals surface area contributed by atoms with Gasteiger partial charge < -0.3 is 10.2 Å². The molecule has 1 aromatic heterocycles. The predicted molar refractivity (Wildman–Crippen MR) is 91.4 cm³/mol. The van der Waals surface area contributed by atoms with E-state index in [0.29, 0.717) is 5.56 Å². The van der Waals surface area contributed by atoms with Crippen LogP contribution in [-0.2, 0) is 6.54 Å². The highest BCUT2D eigenvalue weighted by Gasteiger charge is 2.24. The molecular weight excluding hydrogens is 288 g/mol. The molecule has 2 fully saturated rings. The highest BCUT2D eigenvalue weighted by Crippen LogP contribution is 2.25. The minimum absolute atomic E-state index is 0.0224. The van der Waals surface area contributed by atoms with Crippen LogP contribution in [0.4, 0.5) is 0 Å². The van der Waals surface area contributed by atoms with Crippen LogP contribution in [0.1, 0.15) is 62.2 Å². The summed E-state index contributed by atoms with van der Waals surface area (Å²) < 4.78 is 1.80. The molecule has 128 valence electrons. The minimum Gasteiger partial charge on any atom is -0.348 e.